The number of hydrogen-bond donors (Lipinski definition) is 2. The first-order valence-electron chi connectivity index (χ1n) is 4.59. The lowest BCUT2D eigenvalue weighted by atomic mass is 10.2. The van der Waals surface area contributed by atoms with Crippen molar-refractivity contribution < 1.29 is 9.90 Å². The minimum absolute atomic E-state index is 0.239. The molecule has 2 heterocycles. The lowest BCUT2D eigenvalue weighted by molar-refractivity contribution is 0.0691. The molecule has 3 nitrogen and oxygen atoms in total. The lowest BCUT2D eigenvalue weighted by Gasteiger charge is -1.91. The average molecular weight is 296 g/mol. The van der Waals surface area contributed by atoms with E-state index in [-0.39, 0.29) is 5.69 Å². The second-order valence-electron chi connectivity index (χ2n) is 3.47. The Labute approximate surface area is 103 Å². The largest absolute Gasteiger partial charge is 0.477 e. The van der Waals surface area contributed by atoms with E-state index < -0.39 is 5.97 Å². The number of nitrogens with one attached hydrogen (secondary N) is 1. The second kappa shape index (κ2) is 3.33. The summed E-state index contributed by atoms with van der Waals surface area (Å²) in [5.74, 6) is -0.924. The van der Waals surface area contributed by atoms with Gasteiger partial charge >= 0.3 is 5.97 Å². The third-order valence-electron chi connectivity index (χ3n) is 2.44. The van der Waals surface area contributed by atoms with Gasteiger partial charge in [0.15, 0.2) is 0 Å². The number of thiophene rings is 1. The fraction of sp³-hybridized carbons (Fsp3) is 0. The van der Waals surface area contributed by atoms with Crippen LogP contribution >= 0.6 is 27.3 Å². The first-order chi connectivity index (χ1) is 7.65. The van der Waals surface area contributed by atoms with Crippen LogP contribution in [0, 0.1) is 0 Å². The Hall–Kier alpha value is -1.33. The molecule has 0 aliphatic rings. The van der Waals surface area contributed by atoms with Crippen LogP contribution in [0.25, 0.3) is 20.3 Å². The molecule has 0 bridgehead atoms. The molecular formula is C11H6BrNO2S. The molecule has 80 valence electrons. The quantitative estimate of drug-likeness (QED) is 0.716. The fourth-order valence-electron chi connectivity index (χ4n) is 1.74. The number of H-pyrrole nitrogens is 1. The Balaban J connectivity index is 2.40. The number of fused-ring (bicyclic) bond motifs is 3. The Morgan fingerprint density at radius 3 is 2.88 bits per heavy atom. The van der Waals surface area contributed by atoms with Crippen molar-refractivity contribution in [3.05, 3.63) is 34.4 Å². The predicted octanol–water partition coefficient (Wildman–Crippen LogP) is 3.84. The van der Waals surface area contributed by atoms with Crippen LogP contribution in [0.2, 0.25) is 0 Å². The topological polar surface area (TPSA) is 53.1 Å². The van der Waals surface area contributed by atoms with Crippen LogP contribution in [-0.4, -0.2) is 16.1 Å². The van der Waals surface area contributed by atoms with Gasteiger partial charge in [-0.15, -0.1) is 11.3 Å². The molecule has 0 atom stereocenters. The highest BCUT2D eigenvalue weighted by molar-refractivity contribution is 9.10. The molecule has 0 aliphatic heterocycles. The maximum atomic E-state index is 10.8. The van der Waals surface area contributed by atoms with E-state index in [1.807, 2.05) is 18.2 Å². The van der Waals surface area contributed by atoms with Gasteiger partial charge in [-0.1, -0.05) is 15.9 Å². The van der Waals surface area contributed by atoms with Gasteiger partial charge in [-0.3, -0.25) is 0 Å². The molecule has 3 aromatic rings. The summed E-state index contributed by atoms with van der Waals surface area (Å²) < 4.78 is 3.12. The average Bonchev–Trinajstić information content (AvgIpc) is 2.75. The Kier molecular flexibility index (Phi) is 2.05. The molecule has 0 saturated heterocycles. The van der Waals surface area contributed by atoms with Crippen molar-refractivity contribution in [1.82, 2.24) is 4.98 Å². The Morgan fingerprint density at radius 1 is 1.31 bits per heavy atom. The highest BCUT2D eigenvalue weighted by Crippen LogP contribution is 2.35. The SMILES string of the molecule is O=C(O)c1cc2sc3ccc(Br)cc3c2[nH]1. The van der Waals surface area contributed by atoms with Crippen molar-refractivity contribution in [3.8, 4) is 0 Å². The molecule has 0 fully saturated rings. The summed E-state index contributed by atoms with van der Waals surface area (Å²) in [4.78, 5) is 13.8. The molecule has 0 spiro atoms. The number of halogens is 1. The second-order valence-corrected chi connectivity index (χ2v) is 5.47. The molecule has 16 heavy (non-hydrogen) atoms. The third-order valence-corrected chi connectivity index (χ3v) is 4.05. The van der Waals surface area contributed by atoms with Crippen LogP contribution < -0.4 is 0 Å². The maximum absolute atomic E-state index is 10.8. The molecule has 0 amide bonds. The number of benzene rings is 1. The zero-order valence-corrected chi connectivity index (χ0v) is 10.4. The highest BCUT2D eigenvalue weighted by atomic mass is 79.9. The Morgan fingerprint density at radius 2 is 2.12 bits per heavy atom. The van der Waals surface area contributed by atoms with Crippen LogP contribution in [-0.2, 0) is 0 Å². The molecule has 0 aliphatic carbocycles. The summed E-state index contributed by atoms with van der Waals surface area (Å²) in [6, 6.07) is 7.68. The van der Waals surface area contributed by atoms with Gasteiger partial charge in [0.1, 0.15) is 5.69 Å². The van der Waals surface area contributed by atoms with E-state index in [0.29, 0.717) is 0 Å². The summed E-state index contributed by atoms with van der Waals surface area (Å²) in [5, 5.41) is 9.95. The van der Waals surface area contributed by atoms with Gasteiger partial charge < -0.3 is 10.1 Å². The van der Waals surface area contributed by atoms with Gasteiger partial charge in [0.2, 0.25) is 0 Å². The van der Waals surface area contributed by atoms with Gasteiger partial charge in [0.25, 0.3) is 0 Å². The highest BCUT2D eigenvalue weighted by Gasteiger charge is 2.12. The number of hydrogen-bond acceptors (Lipinski definition) is 2. The van der Waals surface area contributed by atoms with Crippen LogP contribution in [0.3, 0.4) is 0 Å². The number of aromatic carboxylic acids is 1. The molecule has 0 unspecified atom stereocenters. The van der Waals surface area contributed by atoms with Gasteiger partial charge in [0.05, 0.1) is 10.2 Å². The standard InChI is InChI=1S/C11H6BrNO2S/c12-5-1-2-8-6(3-5)10-9(16-8)4-7(13-10)11(14)15/h1-4,13H,(H,14,15). The number of rotatable bonds is 1. The summed E-state index contributed by atoms with van der Waals surface area (Å²) >= 11 is 5.01. The van der Waals surface area contributed by atoms with E-state index in [1.165, 1.54) is 0 Å². The monoisotopic (exact) mass is 295 g/mol. The Bertz CT molecular complexity index is 713. The summed E-state index contributed by atoms with van der Waals surface area (Å²) in [5.41, 5.74) is 1.14. The molecule has 3 rings (SSSR count). The summed E-state index contributed by atoms with van der Waals surface area (Å²) in [6.45, 7) is 0. The number of aromatic nitrogens is 1. The van der Waals surface area contributed by atoms with Crippen molar-refractivity contribution in [2.45, 2.75) is 0 Å². The fourth-order valence-corrected chi connectivity index (χ4v) is 3.18. The van der Waals surface area contributed by atoms with E-state index in [2.05, 4.69) is 20.9 Å². The molecular weight excluding hydrogens is 290 g/mol. The molecule has 0 saturated carbocycles. The molecule has 0 radical (unpaired) electrons. The van der Waals surface area contributed by atoms with Crippen molar-refractivity contribution >= 4 is 53.5 Å². The minimum atomic E-state index is -0.924. The van der Waals surface area contributed by atoms with E-state index in [1.54, 1.807) is 17.4 Å². The van der Waals surface area contributed by atoms with Gasteiger partial charge in [-0.05, 0) is 24.3 Å². The molecule has 2 N–H and O–H groups in total. The first-order valence-corrected chi connectivity index (χ1v) is 6.20. The summed E-state index contributed by atoms with van der Waals surface area (Å²) in [7, 11) is 0. The summed E-state index contributed by atoms with van der Waals surface area (Å²) in [6.07, 6.45) is 0. The van der Waals surface area contributed by atoms with Crippen LogP contribution in [0.1, 0.15) is 10.5 Å². The minimum Gasteiger partial charge on any atom is -0.477 e. The van der Waals surface area contributed by atoms with Crippen molar-refractivity contribution in [2.75, 3.05) is 0 Å². The number of carboxylic acids is 1. The zero-order chi connectivity index (χ0) is 11.3. The lowest BCUT2D eigenvalue weighted by Crippen LogP contribution is -1.94. The van der Waals surface area contributed by atoms with Gasteiger partial charge in [-0.2, -0.15) is 0 Å². The van der Waals surface area contributed by atoms with Gasteiger partial charge in [0, 0.05) is 14.6 Å². The van der Waals surface area contributed by atoms with Crippen molar-refractivity contribution in [3.63, 3.8) is 0 Å². The van der Waals surface area contributed by atoms with Crippen LogP contribution in [0.15, 0.2) is 28.7 Å². The van der Waals surface area contributed by atoms with Crippen LogP contribution in [0.5, 0.6) is 0 Å². The predicted molar refractivity (Wildman–Crippen MR) is 68.3 cm³/mol. The smallest absolute Gasteiger partial charge is 0.352 e. The van der Waals surface area contributed by atoms with Gasteiger partial charge in [-0.25, -0.2) is 4.79 Å². The number of aromatic amines is 1. The third kappa shape index (κ3) is 1.36. The maximum Gasteiger partial charge on any atom is 0.352 e. The zero-order valence-electron chi connectivity index (χ0n) is 7.95. The van der Waals surface area contributed by atoms with E-state index in [9.17, 15) is 4.79 Å². The van der Waals surface area contributed by atoms with Crippen LogP contribution in [0.4, 0.5) is 0 Å². The van der Waals surface area contributed by atoms with E-state index in [4.69, 9.17) is 5.11 Å². The van der Waals surface area contributed by atoms with E-state index in [0.717, 1.165) is 24.8 Å². The number of carboxylic acid groups (broad SMARTS) is 1. The molecule has 2 aromatic heterocycles. The van der Waals surface area contributed by atoms with Crippen molar-refractivity contribution in [1.29, 1.82) is 0 Å². The van der Waals surface area contributed by atoms with Crippen molar-refractivity contribution in [2.24, 2.45) is 0 Å². The normalized spacial score (nSPS) is 11.3. The molecule has 1 aromatic carbocycles. The molecule has 5 heteroatoms. The van der Waals surface area contributed by atoms with E-state index >= 15 is 0 Å². The first kappa shape index (κ1) is 9.86. The number of carbonyl (C=O) groups is 1.